The fourth-order valence-corrected chi connectivity index (χ4v) is 3.15. The van der Waals surface area contributed by atoms with Crippen LogP contribution in [0.4, 0.5) is 0 Å². The van der Waals surface area contributed by atoms with Crippen LogP contribution in [0.15, 0.2) is 58.5 Å². The second-order valence-electron chi connectivity index (χ2n) is 5.85. The summed E-state index contributed by atoms with van der Waals surface area (Å²) in [4.78, 5) is 8.75. The zero-order valence-corrected chi connectivity index (χ0v) is 18.9. The minimum Gasteiger partial charge on any atom is -0.356 e. The highest BCUT2D eigenvalue weighted by atomic mass is 127. The Morgan fingerprint density at radius 1 is 1.11 bits per heavy atom. The molecule has 1 aromatic heterocycles. The Bertz CT molecular complexity index is 825. The maximum Gasteiger partial charge on any atom is 0.242 e. The van der Waals surface area contributed by atoms with E-state index in [1.807, 2.05) is 18.2 Å². The number of guanidine groups is 1. The number of nitrogens with one attached hydrogen (secondary N) is 2. The fourth-order valence-electron chi connectivity index (χ4n) is 2.25. The second-order valence-corrected chi connectivity index (χ2v) is 8.01. The lowest BCUT2D eigenvalue weighted by molar-refractivity contribution is 0.520. The van der Waals surface area contributed by atoms with E-state index < -0.39 is 10.0 Å². The number of rotatable bonds is 7. The van der Waals surface area contributed by atoms with Gasteiger partial charge in [0.25, 0.3) is 0 Å². The van der Waals surface area contributed by atoms with Crippen LogP contribution in [0.1, 0.15) is 11.3 Å². The van der Waals surface area contributed by atoms with E-state index in [2.05, 4.69) is 20.6 Å². The van der Waals surface area contributed by atoms with Gasteiger partial charge in [-0.25, -0.2) is 12.7 Å². The number of sulfonamides is 1. The van der Waals surface area contributed by atoms with E-state index in [0.29, 0.717) is 12.5 Å². The van der Waals surface area contributed by atoms with Gasteiger partial charge in [-0.3, -0.25) is 9.98 Å². The minimum atomic E-state index is -3.40. The van der Waals surface area contributed by atoms with Crippen molar-refractivity contribution in [2.75, 3.05) is 27.7 Å². The van der Waals surface area contributed by atoms with Crippen LogP contribution in [0.25, 0.3) is 0 Å². The van der Waals surface area contributed by atoms with Crippen molar-refractivity contribution in [3.8, 4) is 0 Å². The van der Waals surface area contributed by atoms with Crippen LogP contribution < -0.4 is 10.6 Å². The molecule has 0 aliphatic carbocycles. The first-order valence-corrected chi connectivity index (χ1v) is 9.73. The molecule has 0 spiro atoms. The number of pyridine rings is 1. The molecule has 0 amide bonds. The zero-order chi connectivity index (χ0) is 19.0. The first-order chi connectivity index (χ1) is 12.4. The van der Waals surface area contributed by atoms with Crippen molar-refractivity contribution < 1.29 is 8.42 Å². The fraction of sp³-hybridized carbons (Fsp3) is 0.333. The van der Waals surface area contributed by atoms with Gasteiger partial charge in [0.05, 0.1) is 4.90 Å². The van der Waals surface area contributed by atoms with E-state index in [4.69, 9.17) is 0 Å². The highest BCUT2D eigenvalue weighted by Crippen LogP contribution is 2.13. The van der Waals surface area contributed by atoms with Crippen molar-refractivity contribution in [3.63, 3.8) is 0 Å². The zero-order valence-electron chi connectivity index (χ0n) is 15.7. The Balaban J connectivity index is 0.00000364. The van der Waals surface area contributed by atoms with Crippen LogP contribution in [-0.2, 0) is 23.0 Å². The molecular formula is C18H26IN5O2S. The smallest absolute Gasteiger partial charge is 0.242 e. The number of halogens is 1. The molecule has 0 unspecified atom stereocenters. The molecule has 1 heterocycles. The van der Waals surface area contributed by atoms with E-state index >= 15 is 0 Å². The highest BCUT2D eigenvalue weighted by molar-refractivity contribution is 14.0. The lowest BCUT2D eigenvalue weighted by Crippen LogP contribution is -2.37. The Hall–Kier alpha value is -1.72. The Morgan fingerprint density at radius 2 is 1.81 bits per heavy atom. The van der Waals surface area contributed by atoms with E-state index in [-0.39, 0.29) is 28.9 Å². The van der Waals surface area contributed by atoms with Gasteiger partial charge in [-0.1, -0.05) is 18.2 Å². The molecule has 0 aliphatic rings. The molecule has 0 saturated heterocycles. The van der Waals surface area contributed by atoms with Crippen molar-refractivity contribution in [1.29, 1.82) is 0 Å². The number of aliphatic imine (C=N–C) groups is 1. The summed E-state index contributed by atoms with van der Waals surface area (Å²) in [6.45, 7) is 1.27. The van der Waals surface area contributed by atoms with Crippen LogP contribution >= 0.6 is 24.0 Å². The minimum absolute atomic E-state index is 0. The Morgan fingerprint density at radius 3 is 2.37 bits per heavy atom. The van der Waals surface area contributed by atoms with Crippen molar-refractivity contribution in [1.82, 2.24) is 19.9 Å². The summed E-state index contributed by atoms with van der Waals surface area (Å²) in [6, 6.07) is 12.7. The van der Waals surface area contributed by atoms with Crippen LogP contribution in [0, 0.1) is 0 Å². The van der Waals surface area contributed by atoms with E-state index in [0.717, 1.165) is 24.2 Å². The van der Waals surface area contributed by atoms with Gasteiger partial charge in [-0.15, -0.1) is 24.0 Å². The molecule has 1 aromatic carbocycles. The van der Waals surface area contributed by atoms with Crippen molar-refractivity contribution >= 4 is 40.0 Å². The third-order valence-corrected chi connectivity index (χ3v) is 5.61. The topological polar surface area (TPSA) is 86.7 Å². The molecule has 2 aromatic rings. The van der Waals surface area contributed by atoms with Crippen molar-refractivity contribution in [2.45, 2.75) is 17.9 Å². The second kappa shape index (κ2) is 11.2. The first-order valence-electron chi connectivity index (χ1n) is 8.29. The van der Waals surface area contributed by atoms with Crippen LogP contribution in [0.5, 0.6) is 0 Å². The number of hydrogen-bond acceptors (Lipinski definition) is 4. The Kier molecular flexibility index (Phi) is 9.67. The van der Waals surface area contributed by atoms with E-state index in [1.54, 1.807) is 37.5 Å². The van der Waals surface area contributed by atoms with Gasteiger partial charge >= 0.3 is 0 Å². The molecule has 0 atom stereocenters. The summed E-state index contributed by atoms with van der Waals surface area (Å²) in [5.74, 6) is 0.686. The lowest BCUT2D eigenvalue weighted by atomic mass is 10.2. The normalized spacial score (nSPS) is 11.8. The van der Waals surface area contributed by atoms with Gasteiger partial charge < -0.3 is 10.6 Å². The lowest BCUT2D eigenvalue weighted by Gasteiger charge is -2.13. The molecule has 2 rings (SSSR count). The summed E-state index contributed by atoms with van der Waals surface area (Å²) in [6.07, 6.45) is 2.58. The van der Waals surface area contributed by atoms with Gasteiger partial charge in [-0.2, -0.15) is 0 Å². The van der Waals surface area contributed by atoms with Crippen LogP contribution in [0.3, 0.4) is 0 Å². The van der Waals surface area contributed by atoms with Gasteiger partial charge in [0.2, 0.25) is 10.0 Å². The number of hydrogen-bond donors (Lipinski definition) is 2. The predicted molar refractivity (Wildman–Crippen MR) is 119 cm³/mol. The summed E-state index contributed by atoms with van der Waals surface area (Å²) in [5, 5.41) is 6.45. The van der Waals surface area contributed by atoms with Crippen molar-refractivity contribution in [2.24, 2.45) is 4.99 Å². The first kappa shape index (κ1) is 23.3. The molecule has 0 bridgehead atoms. The predicted octanol–water partition coefficient (Wildman–Crippen LogP) is 1.86. The van der Waals surface area contributed by atoms with Gasteiger partial charge in [0.15, 0.2) is 5.96 Å². The quantitative estimate of drug-likeness (QED) is 0.342. The summed E-state index contributed by atoms with van der Waals surface area (Å²) < 4.78 is 25.3. The largest absolute Gasteiger partial charge is 0.356 e. The summed E-state index contributed by atoms with van der Waals surface area (Å²) in [7, 11) is 1.35. The molecule has 148 valence electrons. The third-order valence-electron chi connectivity index (χ3n) is 3.79. The molecule has 7 nitrogen and oxygen atoms in total. The average molecular weight is 503 g/mol. The number of nitrogens with zero attached hydrogens (tertiary/aromatic N) is 3. The standard InChI is InChI=1S/C18H25N5O2S.HI/c1-19-18(21-13-11-16-6-4-5-12-20-16)22-14-15-7-9-17(10-8-15)26(24,25)23(2)3;/h4-10,12H,11,13-14H2,1-3H3,(H2,19,21,22);1H. The summed E-state index contributed by atoms with van der Waals surface area (Å²) >= 11 is 0. The molecule has 2 N–H and O–H groups in total. The Labute approximate surface area is 178 Å². The van der Waals surface area contributed by atoms with Gasteiger partial charge in [0, 0.05) is 52.5 Å². The molecular weight excluding hydrogens is 477 g/mol. The molecule has 0 fully saturated rings. The number of benzene rings is 1. The molecule has 9 heteroatoms. The SMILES string of the molecule is CN=C(NCCc1ccccn1)NCc1ccc(S(=O)(=O)N(C)C)cc1.I. The molecule has 27 heavy (non-hydrogen) atoms. The average Bonchev–Trinajstić information content (AvgIpc) is 2.65. The van der Waals surface area contributed by atoms with Gasteiger partial charge in [0.1, 0.15) is 0 Å². The maximum atomic E-state index is 12.1. The molecule has 0 radical (unpaired) electrons. The number of aromatic nitrogens is 1. The van der Waals surface area contributed by atoms with Crippen LogP contribution in [0.2, 0.25) is 0 Å². The molecule has 0 aliphatic heterocycles. The molecule has 0 saturated carbocycles. The van der Waals surface area contributed by atoms with E-state index in [9.17, 15) is 8.42 Å². The maximum absolute atomic E-state index is 12.1. The summed E-state index contributed by atoms with van der Waals surface area (Å²) in [5.41, 5.74) is 1.99. The van der Waals surface area contributed by atoms with Crippen molar-refractivity contribution in [3.05, 3.63) is 59.9 Å². The van der Waals surface area contributed by atoms with Gasteiger partial charge in [-0.05, 0) is 29.8 Å². The monoisotopic (exact) mass is 503 g/mol. The third kappa shape index (κ3) is 7.07. The van der Waals surface area contributed by atoms with Crippen LogP contribution in [-0.4, -0.2) is 51.4 Å². The highest BCUT2D eigenvalue weighted by Gasteiger charge is 2.16. The van der Waals surface area contributed by atoms with E-state index in [1.165, 1.54) is 18.4 Å².